The van der Waals surface area contributed by atoms with Gasteiger partial charge in [-0.15, -0.1) is 10.2 Å². The summed E-state index contributed by atoms with van der Waals surface area (Å²) in [6, 6.07) is 5.80. The fourth-order valence-electron chi connectivity index (χ4n) is 5.00. The van der Waals surface area contributed by atoms with Gasteiger partial charge >= 0.3 is 0 Å². The molecule has 2 aliphatic rings. The van der Waals surface area contributed by atoms with Crippen LogP contribution in [0, 0.1) is 0 Å². The Morgan fingerprint density at radius 1 is 1.28 bits per heavy atom. The summed E-state index contributed by atoms with van der Waals surface area (Å²) in [6.45, 7) is 5.25. The second-order valence-corrected chi connectivity index (χ2v) is 9.80. The van der Waals surface area contributed by atoms with Crippen molar-refractivity contribution in [3.05, 3.63) is 46.4 Å². The first-order chi connectivity index (χ1) is 17.5. The molecule has 10 nitrogen and oxygen atoms in total. The Balaban J connectivity index is 1.21. The maximum Gasteiger partial charge on any atom is 0.272 e. The monoisotopic (exact) mass is 513 g/mol. The van der Waals surface area contributed by atoms with Gasteiger partial charge in [0.1, 0.15) is 5.82 Å². The normalized spacial score (nSPS) is 21.7. The van der Waals surface area contributed by atoms with Crippen LogP contribution in [0.25, 0.3) is 11.0 Å². The van der Waals surface area contributed by atoms with E-state index in [0.29, 0.717) is 37.0 Å². The van der Waals surface area contributed by atoms with Gasteiger partial charge in [0.2, 0.25) is 0 Å². The van der Waals surface area contributed by atoms with Crippen LogP contribution in [-0.2, 0) is 28.9 Å². The highest BCUT2D eigenvalue weighted by molar-refractivity contribution is 6.35. The molecule has 1 aliphatic heterocycles. The van der Waals surface area contributed by atoms with Crippen LogP contribution in [0.5, 0.6) is 0 Å². The summed E-state index contributed by atoms with van der Waals surface area (Å²) in [5.74, 6) is 0.678. The molecule has 3 atom stereocenters. The third-order valence-corrected chi connectivity index (χ3v) is 7.28. The second-order valence-electron chi connectivity index (χ2n) is 9.39. The fraction of sp³-hybridized carbons (Fsp3) is 0.520. The standard InChI is InChI=1S/C25H32ClN7O3/c1-3-32-12-18(26)17-11-21(30-31-24(17)32)25(34)28-16-5-6-20-15(10-16)4-7-23(29-20)33-13-19(27)22(14-33)36-9-8-35-2/h4,7,11-12,16,19,22H,3,5-6,8-10,13-14,27H2,1-2H3,(H,28,34). The van der Waals surface area contributed by atoms with Gasteiger partial charge in [-0.2, -0.15) is 0 Å². The zero-order valence-corrected chi connectivity index (χ0v) is 21.4. The molecule has 0 saturated carbocycles. The summed E-state index contributed by atoms with van der Waals surface area (Å²) in [5.41, 5.74) is 9.46. The molecule has 1 amide bonds. The van der Waals surface area contributed by atoms with Gasteiger partial charge in [0.25, 0.3) is 5.91 Å². The number of nitrogens with zero attached hydrogens (tertiary/aromatic N) is 5. The molecule has 3 N–H and O–H groups in total. The van der Waals surface area contributed by atoms with Gasteiger partial charge in [-0.1, -0.05) is 17.7 Å². The first-order valence-corrected chi connectivity index (χ1v) is 12.8. The topological polar surface area (TPSA) is 120 Å². The van der Waals surface area contributed by atoms with Crippen molar-refractivity contribution in [1.82, 2.24) is 25.1 Å². The molecule has 11 heteroatoms. The number of nitrogens with one attached hydrogen (secondary N) is 1. The number of aromatic nitrogens is 4. The van der Waals surface area contributed by atoms with E-state index in [4.69, 9.17) is 31.8 Å². The number of fused-ring (bicyclic) bond motifs is 2. The number of halogens is 1. The molecule has 1 fully saturated rings. The Kier molecular flexibility index (Phi) is 7.38. The predicted molar refractivity (Wildman–Crippen MR) is 138 cm³/mol. The van der Waals surface area contributed by atoms with Crippen molar-refractivity contribution in [2.45, 2.75) is 50.9 Å². The van der Waals surface area contributed by atoms with Gasteiger partial charge in [-0.25, -0.2) is 4.98 Å². The Labute approximate surface area is 215 Å². The summed E-state index contributed by atoms with van der Waals surface area (Å²) >= 11 is 6.34. The van der Waals surface area contributed by atoms with E-state index < -0.39 is 0 Å². The number of nitrogens with two attached hydrogens (primary N) is 1. The molecule has 0 spiro atoms. The van der Waals surface area contributed by atoms with Crippen molar-refractivity contribution in [2.24, 2.45) is 5.73 Å². The van der Waals surface area contributed by atoms with Crippen LogP contribution in [0.4, 0.5) is 5.82 Å². The van der Waals surface area contributed by atoms with E-state index in [1.807, 2.05) is 23.8 Å². The molecule has 3 unspecified atom stereocenters. The van der Waals surface area contributed by atoms with Gasteiger partial charge in [-0.05, 0) is 43.9 Å². The number of pyridine rings is 1. The smallest absolute Gasteiger partial charge is 0.272 e. The van der Waals surface area contributed by atoms with Crippen molar-refractivity contribution in [3.63, 3.8) is 0 Å². The molecule has 0 aromatic carbocycles. The highest BCUT2D eigenvalue weighted by Gasteiger charge is 2.32. The van der Waals surface area contributed by atoms with Gasteiger partial charge in [0, 0.05) is 50.1 Å². The number of amides is 1. The van der Waals surface area contributed by atoms with E-state index in [9.17, 15) is 4.79 Å². The fourth-order valence-corrected chi connectivity index (χ4v) is 5.25. The molecule has 0 radical (unpaired) electrons. The number of carbonyl (C=O) groups excluding carboxylic acids is 1. The van der Waals surface area contributed by atoms with E-state index >= 15 is 0 Å². The quantitative estimate of drug-likeness (QED) is 0.439. The van der Waals surface area contributed by atoms with Gasteiger partial charge < -0.3 is 30.0 Å². The molecule has 192 valence electrons. The molecular weight excluding hydrogens is 482 g/mol. The molecule has 3 aromatic heterocycles. The van der Waals surface area contributed by atoms with Crippen LogP contribution in [0.3, 0.4) is 0 Å². The van der Waals surface area contributed by atoms with Crippen LogP contribution in [0.1, 0.15) is 35.1 Å². The lowest BCUT2D eigenvalue weighted by molar-refractivity contribution is 0.0212. The largest absolute Gasteiger partial charge is 0.382 e. The average molecular weight is 514 g/mol. The maximum atomic E-state index is 12.9. The Bertz CT molecular complexity index is 1250. The molecule has 1 aliphatic carbocycles. The summed E-state index contributed by atoms with van der Waals surface area (Å²) in [6.07, 6.45) is 4.10. The Hall–Kier alpha value is -2.79. The minimum Gasteiger partial charge on any atom is -0.382 e. The summed E-state index contributed by atoms with van der Waals surface area (Å²) < 4.78 is 12.8. The lowest BCUT2D eigenvalue weighted by Gasteiger charge is -2.26. The van der Waals surface area contributed by atoms with E-state index in [2.05, 4.69) is 26.5 Å². The van der Waals surface area contributed by atoms with Crippen LogP contribution in [0.15, 0.2) is 24.4 Å². The molecule has 5 rings (SSSR count). The van der Waals surface area contributed by atoms with Crippen molar-refractivity contribution in [2.75, 3.05) is 38.3 Å². The Morgan fingerprint density at radius 3 is 2.94 bits per heavy atom. The van der Waals surface area contributed by atoms with Crippen LogP contribution in [-0.4, -0.2) is 77.3 Å². The van der Waals surface area contributed by atoms with Gasteiger partial charge in [0.05, 0.1) is 30.4 Å². The number of methoxy groups -OCH3 is 1. The molecule has 0 bridgehead atoms. The number of hydrogen-bond donors (Lipinski definition) is 2. The average Bonchev–Trinajstić information content (AvgIpc) is 3.42. The highest BCUT2D eigenvalue weighted by Crippen LogP contribution is 2.27. The molecule has 36 heavy (non-hydrogen) atoms. The SMILES string of the molecule is CCn1cc(Cl)c2cc(C(=O)NC3CCc4nc(N5CC(N)C(OCCOC)C5)ccc4C3)nnc21. The van der Waals surface area contributed by atoms with Gasteiger partial charge in [0.15, 0.2) is 11.3 Å². The summed E-state index contributed by atoms with van der Waals surface area (Å²) in [4.78, 5) is 20.0. The lowest BCUT2D eigenvalue weighted by Crippen LogP contribution is -2.39. The van der Waals surface area contributed by atoms with Crippen molar-refractivity contribution < 1.29 is 14.3 Å². The van der Waals surface area contributed by atoms with Crippen LogP contribution < -0.4 is 16.0 Å². The number of anilines is 1. The number of carbonyl (C=O) groups is 1. The highest BCUT2D eigenvalue weighted by atomic mass is 35.5. The number of ether oxygens (including phenoxy) is 2. The van der Waals surface area contributed by atoms with Crippen molar-refractivity contribution in [3.8, 4) is 0 Å². The maximum absolute atomic E-state index is 12.9. The predicted octanol–water partition coefficient (Wildman–Crippen LogP) is 1.97. The molecule has 3 aromatic rings. The van der Waals surface area contributed by atoms with E-state index in [1.165, 1.54) is 0 Å². The Morgan fingerprint density at radius 2 is 2.14 bits per heavy atom. The number of rotatable bonds is 8. The lowest BCUT2D eigenvalue weighted by atomic mass is 9.91. The third-order valence-electron chi connectivity index (χ3n) is 6.98. The minimum absolute atomic E-state index is 0.00429. The van der Waals surface area contributed by atoms with Gasteiger partial charge in [-0.3, -0.25) is 4.79 Å². The third kappa shape index (κ3) is 5.04. The zero-order chi connectivity index (χ0) is 25.2. The zero-order valence-electron chi connectivity index (χ0n) is 20.6. The number of aryl methyl sites for hydroxylation is 2. The summed E-state index contributed by atoms with van der Waals surface area (Å²) in [7, 11) is 1.66. The van der Waals surface area contributed by atoms with Crippen molar-refractivity contribution >= 4 is 34.4 Å². The summed E-state index contributed by atoms with van der Waals surface area (Å²) in [5, 5.41) is 12.8. The minimum atomic E-state index is -0.242. The number of hydrogen-bond acceptors (Lipinski definition) is 8. The second kappa shape index (κ2) is 10.7. The first-order valence-electron chi connectivity index (χ1n) is 12.4. The first kappa shape index (κ1) is 24.9. The van der Waals surface area contributed by atoms with E-state index in [1.54, 1.807) is 13.2 Å². The molecule has 1 saturated heterocycles. The van der Waals surface area contributed by atoms with E-state index in [-0.39, 0.29) is 29.8 Å². The van der Waals surface area contributed by atoms with E-state index in [0.717, 1.165) is 48.3 Å². The molecule has 4 heterocycles. The molecular formula is C25H32ClN7O3. The van der Waals surface area contributed by atoms with Crippen LogP contribution in [0.2, 0.25) is 5.02 Å². The van der Waals surface area contributed by atoms with Crippen LogP contribution >= 0.6 is 11.6 Å². The van der Waals surface area contributed by atoms with Crippen molar-refractivity contribution in [1.29, 1.82) is 0 Å².